The minimum absolute atomic E-state index is 0. The van der Waals surface area contributed by atoms with Crippen molar-refractivity contribution in [2.45, 2.75) is 30.5 Å². The van der Waals surface area contributed by atoms with Crippen molar-refractivity contribution in [2.24, 2.45) is 16.0 Å². The van der Waals surface area contributed by atoms with Crippen LogP contribution in [-0.4, -0.2) is 74.8 Å². The van der Waals surface area contributed by atoms with Gasteiger partial charge in [0, 0.05) is 38.2 Å². The van der Waals surface area contributed by atoms with Crippen LogP contribution in [0.1, 0.15) is 19.4 Å². The number of benzene rings is 1. The van der Waals surface area contributed by atoms with Gasteiger partial charge in [0.25, 0.3) is 0 Å². The first-order chi connectivity index (χ1) is 13.6. The second kappa shape index (κ2) is 12.1. The zero-order chi connectivity index (χ0) is 21.6. The van der Waals surface area contributed by atoms with Crippen LogP contribution in [0, 0.1) is 5.92 Å². The number of carbonyl (C=O) groups excluding carboxylic acids is 1. The maximum atomic E-state index is 12.0. The Morgan fingerprint density at radius 3 is 2.50 bits per heavy atom. The standard InChI is InChI=1S/C19H31N5O3S2.HI/c1-14(2)17-13-24(9-10-28-17)19(22-12-18(25)23(3)4)21-11-15-5-7-16(8-6-15)29(20,26)27;/h5-8,14,17H,9-13H2,1-4H3,(H,21,22)(H2,20,26,27);1H. The number of aliphatic imine (C=N–C) groups is 1. The average molecular weight is 570 g/mol. The van der Waals surface area contributed by atoms with Crippen LogP contribution in [0.4, 0.5) is 0 Å². The highest BCUT2D eigenvalue weighted by molar-refractivity contribution is 14.0. The molecule has 1 aromatic carbocycles. The van der Waals surface area contributed by atoms with Crippen LogP contribution in [0.5, 0.6) is 0 Å². The molecule has 1 aromatic rings. The molecule has 8 nitrogen and oxygen atoms in total. The number of hydrogen-bond acceptors (Lipinski definition) is 5. The number of nitrogens with two attached hydrogens (primary N) is 1. The number of likely N-dealkylation sites (N-methyl/N-ethyl adjacent to an activating group) is 1. The Kier molecular flexibility index (Phi) is 10.9. The number of primary sulfonamides is 1. The summed E-state index contributed by atoms with van der Waals surface area (Å²) in [5.41, 5.74) is 0.863. The first kappa shape index (κ1) is 27.0. The summed E-state index contributed by atoms with van der Waals surface area (Å²) in [5.74, 6) is 2.23. The average Bonchev–Trinajstić information content (AvgIpc) is 2.67. The Morgan fingerprint density at radius 2 is 1.97 bits per heavy atom. The van der Waals surface area contributed by atoms with Gasteiger partial charge in [-0.2, -0.15) is 11.8 Å². The monoisotopic (exact) mass is 569 g/mol. The molecule has 1 fully saturated rings. The highest BCUT2D eigenvalue weighted by Gasteiger charge is 2.25. The smallest absolute Gasteiger partial charge is 0.241 e. The zero-order valence-electron chi connectivity index (χ0n) is 17.9. The molecular formula is C19H32IN5O3S2. The van der Waals surface area contributed by atoms with E-state index >= 15 is 0 Å². The molecule has 11 heteroatoms. The summed E-state index contributed by atoms with van der Waals surface area (Å²) < 4.78 is 22.8. The van der Waals surface area contributed by atoms with Crippen molar-refractivity contribution < 1.29 is 13.2 Å². The third-order valence-corrected chi connectivity index (χ3v) is 7.17. The summed E-state index contributed by atoms with van der Waals surface area (Å²) in [6.45, 7) is 6.71. The van der Waals surface area contributed by atoms with E-state index < -0.39 is 10.0 Å². The van der Waals surface area contributed by atoms with Crippen molar-refractivity contribution >= 4 is 57.6 Å². The van der Waals surface area contributed by atoms with Crippen LogP contribution in [0.25, 0.3) is 0 Å². The lowest BCUT2D eigenvalue weighted by Gasteiger charge is -2.36. The Hall–Kier alpha value is -1.05. The van der Waals surface area contributed by atoms with E-state index in [1.54, 1.807) is 31.1 Å². The molecule has 1 aliphatic rings. The van der Waals surface area contributed by atoms with Gasteiger partial charge in [0.05, 0.1) is 18.0 Å². The van der Waals surface area contributed by atoms with Crippen molar-refractivity contribution in [3.05, 3.63) is 29.8 Å². The summed E-state index contributed by atoms with van der Waals surface area (Å²) in [6, 6.07) is 6.37. The largest absolute Gasteiger partial charge is 0.347 e. The minimum Gasteiger partial charge on any atom is -0.347 e. The van der Waals surface area contributed by atoms with E-state index in [0.717, 1.165) is 24.4 Å². The van der Waals surface area contributed by atoms with Crippen LogP contribution >= 0.6 is 35.7 Å². The van der Waals surface area contributed by atoms with E-state index in [-0.39, 0.29) is 41.3 Å². The zero-order valence-corrected chi connectivity index (χ0v) is 21.8. The van der Waals surface area contributed by atoms with Gasteiger partial charge >= 0.3 is 0 Å². The maximum absolute atomic E-state index is 12.0. The SMILES string of the molecule is CC(C)C1CN(C(=NCc2ccc(S(N)(=O)=O)cc2)NCC(=O)N(C)C)CCS1.I. The van der Waals surface area contributed by atoms with Gasteiger partial charge in [0.15, 0.2) is 5.96 Å². The van der Waals surface area contributed by atoms with Gasteiger partial charge in [-0.05, 0) is 23.6 Å². The number of amides is 1. The van der Waals surface area contributed by atoms with E-state index in [1.807, 2.05) is 11.8 Å². The summed E-state index contributed by atoms with van der Waals surface area (Å²) in [4.78, 5) is 20.5. The van der Waals surface area contributed by atoms with E-state index in [9.17, 15) is 13.2 Å². The van der Waals surface area contributed by atoms with Gasteiger partial charge in [0.2, 0.25) is 15.9 Å². The molecule has 1 atom stereocenters. The van der Waals surface area contributed by atoms with Crippen LogP contribution in [0.2, 0.25) is 0 Å². The molecule has 30 heavy (non-hydrogen) atoms. The highest BCUT2D eigenvalue weighted by Crippen LogP contribution is 2.25. The number of thioether (sulfide) groups is 1. The van der Waals surface area contributed by atoms with E-state index in [4.69, 9.17) is 10.1 Å². The first-order valence-corrected chi connectivity index (χ1v) is 12.1. The Morgan fingerprint density at radius 1 is 1.33 bits per heavy atom. The number of nitrogens with one attached hydrogen (secondary N) is 1. The second-order valence-electron chi connectivity index (χ2n) is 7.57. The van der Waals surface area contributed by atoms with Gasteiger partial charge in [-0.25, -0.2) is 18.5 Å². The fourth-order valence-corrected chi connectivity index (χ4v) is 4.62. The van der Waals surface area contributed by atoms with E-state index in [0.29, 0.717) is 23.7 Å². The lowest BCUT2D eigenvalue weighted by atomic mass is 10.1. The second-order valence-corrected chi connectivity index (χ2v) is 10.5. The molecule has 0 bridgehead atoms. The van der Waals surface area contributed by atoms with Gasteiger partial charge in [-0.1, -0.05) is 26.0 Å². The summed E-state index contributed by atoms with van der Waals surface area (Å²) in [5, 5.41) is 8.85. The summed E-state index contributed by atoms with van der Waals surface area (Å²) >= 11 is 1.97. The van der Waals surface area contributed by atoms with Gasteiger partial charge in [-0.15, -0.1) is 24.0 Å². The molecule has 0 aliphatic carbocycles. The van der Waals surface area contributed by atoms with Crippen molar-refractivity contribution in [3.63, 3.8) is 0 Å². The number of halogens is 1. The van der Waals surface area contributed by atoms with Crippen LogP contribution in [0.15, 0.2) is 34.2 Å². The number of carbonyl (C=O) groups is 1. The number of nitrogens with zero attached hydrogens (tertiary/aromatic N) is 3. The molecule has 1 aliphatic heterocycles. The maximum Gasteiger partial charge on any atom is 0.241 e. The lowest BCUT2D eigenvalue weighted by Crippen LogP contribution is -2.50. The predicted molar refractivity (Wildman–Crippen MR) is 134 cm³/mol. The van der Waals surface area contributed by atoms with Crippen LogP contribution in [0.3, 0.4) is 0 Å². The highest BCUT2D eigenvalue weighted by atomic mass is 127. The van der Waals surface area contributed by atoms with Crippen molar-refractivity contribution in [1.82, 2.24) is 15.1 Å². The molecule has 0 radical (unpaired) electrons. The third-order valence-electron chi connectivity index (χ3n) is 4.70. The molecule has 0 saturated carbocycles. The van der Waals surface area contributed by atoms with Gasteiger partial charge in [-0.3, -0.25) is 4.79 Å². The minimum atomic E-state index is -3.71. The summed E-state index contributed by atoms with van der Waals surface area (Å²) in [7, 11) is -0.265. The Labute approximate surface area is 201 Å². The molecule has 1 amide bonds. The fraction of sp³-hybridized carbons (Fsp3) is 0.579. The fourth-order valence-electron chi connectivity index (χ4n) is 2.80. The number of hydrogen-bond donors (Lipinski definition) is 2. The molecule has 0 spiro atoms. The molecular weight excluding hydrogens is 537 g/mol. The topological polar surface area (TPSA) is 108 Å². The van der Waals surface area contributed by atoms with Crippen molar-refractivity contribution in [1.29, 1.82) is 0 Å². The molecule has 1 heterocycles. The molecule has 170 valence electrons. The predicted octanol–water partition coefficient (Wildman–Crippen LogP) is 1.56. The molecule has 1 unspecified atom stereocenters. The lowest BCUT2D eigenvalue weighted by molar-refractivity contribution is -0.127. The number of guanidine groups is 1. The van der Waals surface area contributed by atoms with Crippen LogP contribution < -0.4 is 10.5 Å². The van der Waals surface area contributed by atoms with Crippen molar-refractivity contribution in [2.75, 3.05) is 39.5 Å². The Balaban J connectivity index is 0.00000450. The Bertz CT molecular complexity index is 829. The van der Waals surface area contributed by atoms with Gasteiger partial charge in [0.1, 0.15) is 0 Å². The van der Waals surface area contributed by atoms with E-state index in [2.05, 4.69) is 24.1 Å². The third kappa shape index (κ3) is 8.23. The van der Waals surface area contributed by atoms with Crippen molar-refractivity contribution in [3.8, 4) is 0 Å². The summed E-state index contributed by atoms with van der Waals surface area (Å²) in [6.07, 6.45) is 0. The van der Waals surface area contributed by atoms with Gasteiger partial charge < -0.3 is 15.1 Å². The molecule has 0 aromatic heterocycles. The van der Waals surface area contributed by atoms with Crippen LogP contribution in [-0.2, 0) is 21.4 Å². The normalized spacial score (nSPS) is 17.5. The quantitative estimate of drug-likeness (QED) is 0.306. The molecule has 3 N–H and O–H groups in total. The molecule has 2 rings (SSSR count). The molecule has 1 saturated heterocycles. The first-order valence-electron chi connectivity index (χ1n) is 9.54. The number of rotatable bonds is 6. The van der Waals surface area contributed by atoms with E-state index in [1.165, 1.54) is 12.1 Å². The number of sulfonamides is 1.